The summed E-state index contributed by atoms with van der Waals surface area (Å²) in [6, 6.07) is 0. The van der Waals surface area contributed by atoms with E-state index in [4.69, 9.17) is 5.11 Å². The molecule has 0 aromatic heterocycles. The van der Waals surface area contributed by atoms with Crippen molar-refractivity contribution in [3.8, 4) is 0 Å². The minimum absolute atomic E-state index is 0.643. The van der Waals surface area contributed by atoms with Gasteiger partial charge in [-0.1, -0.05) is 20.3 Å². The van der Waals surface area contributed by atoms with Crippen molar-refractivity contribution in [2.45, 2.75) is 26.7 Å². The van der Waals surface area contributed by atoms with E-state index in [9.17, 15) is 4.79 Å². The highest BCUT2D eigenvalue weighted by Gasteiger charge is 2.09. The number of carbonyl (C=O) groups is 1. The Hall–Kier alpha value is -0.380. The summed E-state index contributed by atoms with van der Waals surface area (Å²) in [6.07, 6.45) is 1.15. The lowest BCUT2D eigenvalue weighted by Crippen LogP contribution is -2.23. The Balaban J connectivity index is 3.60. The van der Waals surface area contributed by atoms with E-state index in [1.54, 1.807) is 0 Å². The van der Waals surface area contributed by atoms with Gasteiger partial charge in [0.25, 0.3) is 0 Å². The fourth-order valence-electron chi connectivity index (χ4n) is 0.673. The molecule has 0 aliphatic heterocycles. The third kappa shape index (κ3) is 4.95. The largest absolute Gasteiger partial charge is 0.464 e. The fraction of sp³-hybridized carbons (Fsp3) is 0.857. The Morgan fingerprint density at radius 2 is 2.18 bits per heavy atom. The molecule has 0 radical (unpaired) electrons. The van der Waals surface area contributed by atoms with Gasteiger partial charge in [-0.05, 0) is 18.4 Å². The summed E-state index contributed by atoms with van der Waals surface area (Å²) in [7, 11) is 0. The van der Waals surface area contributed by atoms with Gasteiger partial charge in [0.15, 0.2) is 0 Å². The third-order valence-electron chi connectivity index (χ3n) is 1.21. The first kappa shape index (κ1) is 10.6. The average molecular weight is 177 g/mol. The molecule has 0 saturated heterocycles. The molecule has 0 bridgehead atoms. The number of amides is 1. The molecule has 0 atom stereocenters. The average Bonchev–Trinajstić information content (AvgIpc) is 1.97. The number of hydrogen-bond donors (Lipinski definition) is 1. The third-order valence-corrected chi connectivity index (χ3v) is 2.12. The van der Waals surface area contributed by atoms with Gasteiger partial charge in [0.2, 0.25) is 0 Å². The summed E-state index contributed by atoms with van der Waals surface area (Å²) in [6.45, 7) is 4.65. The molecule has 1 N–H and O–H groups in total. The molecule has 0 unspecified atom stereocenters. The number of rotatable bonds is 5. The second kappa shape index (κ2) is 6.34. The summed E-state index contributed by atoms with van der Waals surface area (Å²) >= 11 is 1.36. The molecular weight excluding hydrogens is 162 g/mol. The van der Waals surface area contributed by atoms with Crippen LogP contribution in [0.1, 0.15) is 26.7 Å². The van der Waals surface area contributed by atoms with Crippen LogP contribution in [0.15, 0.2) is 0 Å². The molecule has 0 fully saturated rings. The monoisotopic (exact) mass is 177 g/mol. The summed E-state index contributed by atoms with van der Waals surface area (Å²) in [5, 5.41) is 8.64. The van der Waals surface area contributed by atoms with Crippen molar-refractivity contribution >= 4 is 18.0 Å². The molecule has 0 saturated carbocycles. The van der Waals surface area contributed by atoms with Crippen LogP contribution in [-0.4, -0.2) is 27.8 Å². The van der Waals surface area contributed by atoms with Gasteiger partial charge >= 0.3 is 6.09 Å². The lowest BCUT2D eigenvalue weighted by atomic mass is 10.3. The zero-order chi connectivity index (χ0) is 8.69. The Bertz CT molecular complexity index is 119. The lowest BCUT2D eigenvalue weighted by molar-refractivity contribution is 0.175. The van der Waals surface area contributed by atoms with Gasteiger partial charge in [-0.2, -0.15) is 0 Å². The predicted octanol–water partition coefficient (Wildman–Crippen LogP) is 2.43. The highest BCUT2D eigenvalue weighted by atomic mass is 32.2. The molecule has 0 rings (SSSR count). The maximum atomic E-state index is 10.5. The highest BCUT2D eigenvalue weighted by Crippen LogP contribution is 2.10. The van der Waals surface area contributed by atoms with Gasteiger partial charge in [-0.25, -0.2) is 4.79 Å². The Morgan fingerprint density at radius 3 is 2.55 bits per heavy atom. The van der Waals surface area contributed by atoms with E-state index in [0.29, 0.717) is 6.54 Å². The molecule has 0 heterocycles. The van der Waals surface area contributed by atoms with Crippen molar-refractivity contribution in [1.29, 1.82) is 0 Å². The number of hydrogen-bond acceptors (Lipinski definition) is 2. The molecule has 66 valence electrons. The van der Waals surface area contributed by atoms with Crippen LogP contribution in [-0.2, 0) is 0 Å². The van der Waals surface area contributed by atoms with Crippen molar-refractivity contribution in [3.63, 3.8) is 0 Å². The van der Waals surface area contributed by atoms with Crippen LogP contribution in [0.4, 0.5) is 4.79 Å². The van der Waals surface area contributed by atoms with Crippen molar-refractivity contribution in [1.82, 2.24) is 4.31 Å². The van der Waals surface area contributed by atoms with Crippen molar-refractivity contribution in [2.24, 2.45) is 0 Å². The van der Waals surface area contributed by atoms with E-state index < -0.39 is 6.09 Å². The molecule has 0 aliphatic rings. The Morgan fingerprint density at radius 1 is 1.55 bits per heavy atom. The van der Waals surface area contributed by atoms with E-state index in [1.807, 2.05) is 6.92 Å². The predicted molar refractivity (Wildman–Crippen MR) is 47.8 cm³/mol. The van der Waals surface area contributed by atoms with Gasteiger partial charge in [-0.3, -0.25) is 4.31 Å². The topological polar surface area (TPSA) is 40.5 Å². The molecular formula is C7H15NO2S. The normalized spacial score (nSPS) is 9.64. The van der Waals surface area contributed by atoms with Gasteiger partial charge < -0.3 is 5.11 Å². The summed E-state index contributed by atoms with van der Waals surface area (Å²) < 4.78 is 1.39. The molecule has 11 heavy (non-hydrogen) atoms. The molecule has 0 spiro atoms. The molecule has 4 heteroatoms. The van der Waals surface area contributed by atoms with Gasteiger partial charge in [0, 0.05) is 12.3 Å². The van der Waals surface area contributed by atoms with E-state index in [2.05, 4.69) is 6.92 Å². The molecule has 0 aromatic carbocycles. The summed E-state index contributed by atoms with van der Waals surface area (Å²) in [5.74, 6) is 0.815. The summed E-state index contributed by atoms with van der Waals surface area (Å²) in [5.41, 5.74) is 0. The standard InChI is InChI=1S/C7H15NO2S/c1-3-5-6-8(7(9)10)11-4-2/h3-6H2,1-2H3,(H,9,10). The van der Waals surface area contributed by atoms with Crippen molar-refractivity contribution in [2.75, 3.05) is 12.3 Å². The van der Waals surface area contributed by atoms with Crippen molar-refractivity contribution in [3.05, 3.63) is 0 Å². The van der Waals surface area contributed by atoms with Crippen molar-refractivity contribution < 1.29 is 9.90 Å². The quantitative estimate of drug-likeness (QED) is 0.656. The maximum Gasteiger partial charge on any atom is 0.417 e. The van der Waals surface area contributed by atoms with E-state index in [1.165, 1.54) is 16.3 Å². The molecule has 0 aliphatic carbocycles. The Labute approximate surface area is 71.9 Å². The van der Waals surface area contributed by atoms with Gasteiger partial charge in [0.05, 0.1) is 0 Å². The molecule has 3 nitrogen and oxygen atoms in total. The van der Waals surface area contributed by atoms with E-state index >= 15 is 0 Å². The smallest absolute Gasteiger partial charge is 0.417 e. The van der Waals surface area contributed by atoms with Gasteiger partial charge in [-0.15, -0.1) is 0 Å². The SMILES string of the molecule is CCCCN(SCC)C(=O)O. The minimum Gasteiger partial charge on any atom is -0.464 e. The fourth-order valence-corrected chi connectivity index (χ4v) is 1.35. The Kier molecular flexibility index (Phi) is 6.12. The van der Waals surface area contributed by atoms with E-state index in [-0.39, 0.29) is 0 Å². The van der Waals surface area contributed by atoms with Crippen LogP contribution in [0.25, 0.3) is 0 Å². The molecule has 1 amide bonds. The zero-order valence-electron chi connectivity index (χ0n) is 7.04. The highest BCUT2D eigenvalue weighted by molar-refractivity contribution is 7.97. The number of nitrogens with zero attached hydrogens (tertiary/aromatic N) is 1. The first-order valence-corrected chi connectivity index (χ1v) is 4.80. The van der Waals surface area contributed by atoms with Crippen LogP contribution in [0.2, 0.25) is 0 Å². The first-order chi connectivity index (χ1) is 5.22. The van der Waals surface area contributed by atoms with E-state index in [0.717, 1.165) is 18.6 Å². The second-order valence-electron chi connectivity index (χ2n) is 2.16. The number of unbranched alkanes of at least 4 members (excludes halogenated alkanes) is 1. The van der Waals surface area contributed by atoms with Crippen LogP contribution >= 0.6 is 11.9 Å². The van der Waals surface area contributed by atoms with Crippen LogP contribution < -0.4 is 0 Å². The maximum absolute atomic E-state index is 10.5. The van der Waals surface area contributed by atoms with Crippen LogP contribution in [0, 0.1) is 0 Å². The van der Waals surface area contributed by atoms with Gasteiger partial charge in [0.1, 0.15) is 0 Å². The number of carboxylic acid groups (broad SMARTS) is 1. The van der Waals surface area contributed by atoms with Crippen LogP contribution in [0.3, 0.4) is 0 Å². The lowest BCUT2D eigenvalue weighted by Gasteiger charge is -2.15. The minimum atomic E-state index is -0.828. The van der Waals surface area contributed by atoms with Crippen LogP contribution in [0.5, 0.6) is 0 Å². The first-order valence-electron chi connectivity index (χ1n) is 3.85. The zero-order valence-corrected chi connectivity index (χ0v) is 7.86. The molecule has 0 aromatic rings. The second-order valence-corrected chi connectivity index (χ2v) is 3.43. The summed E-state index contributed by atoms with van der Waals surface area (Å²) in [4.78, 5) is 10.5.